The van der Waals surface area contributed by atoms with E-state index in [-0.39, 0.29) is 18.0 Å². The molecule has 31 heavy (non-hydrogen) atoms. The van der Waals surface area contributed by atoms with Gasteiger partial charge in [-0.2, -0.15) is 5.10 Å². The molecule has 0 fully saturated rings. The van der Waals surface area contributed by atoms with Crippen LogP contribution in [0.5, 0.6) is 17.2 Å². The Bertz CT molecular complexity index is 1160. The number of fused-ring (bicyclic) bond motifs is 1. The van der Waals surface area contributed by atoms with Gasteiger partial charge in [-0.1, -0.05) is 18.2 Å². The fraction of sp³-hybridized carbons (Fsp3) is 0.261. The van der Waals surface area contributed by atoms with Crippen LogP contribution in [0.3, 0.4) is 0 Å². The molecule has 0 spiro atoms. The second-order valence-electron chi connectivity index (χ2n) is 7.05. The van der Waals surface area contributed by atoms with Crippen molar-refractivity contribution in [3.8, 4) is 28.5 Å². The molecule has 3 aromatic rings. The Kier molecular flexibility index (Phi) is 5.62. The molecule has 0 radical (unpaired) electrons. The summed E-state index contributed by atoms with van der Waals surface area (Å²) in [5.74, 6) is 1.23. The molecule has 0 unspecified atom stereocenters. The van der Waals surface area contributed by atoms with Crippen LogP contribution in [-0.2, 0) is 17.8 Å². The van der Waals surface area contributed by atoms with Gasteiger partial charge in [0.1, 0.15) is 6.54 Å². The summed E-state index contributed by atoms with van der Waals surface area (Å²) in [6, 6.07) is 14.3. The maximum atomic E-state index is 12.9. The van der Waals surface area contributed by atoms with Crippen molar-refractivity contribution in [3.05, 3.63) is 64.4 Å². The number of hydrogen-bond acceptors (Lipinski definition) is 6. The van der Waals surface area contributed by atoms with Gasteiger partial charge in [0.2, 0.25) is 11.7 Å². The van der Waals surface area contributed by atoms with Gasteiger partial charge in [-0.15, -0.1) is 0 Å². The van der Waals surface area contributed by atoms with Crippen molar-refractivity contribution in [1.29, 1.82) is 0 Å². The molecule has 0 saturated heterocycles. The maximum Gasteiger partial charge on any atom is 0.267 e. The molecule has 1 aromatic heterocycles. The average Bonchev–Trinajstić information content (AvgIpc) is 3.23. The third-order valence-corrected chi connectivity index (χ3v) is 5.30. The minimum atomic E-state index is -0.350. The predicted octanol–water partition coefficient (Wildman–Crippen LogP) is 2.53. The highest BCUT2D eigenvalue weighted by Crippen LogP contribution is 2.40. The van der Waals surface area contributed by atoms with Crippen LogP contribution < -0.4 is 24.7 Å². The summed E-state index contributed by atoms with van der Waals surface area (Å²) in [6.07, 6.45) is 0.801. The van der Waals surface area contributed by atoms with Gasteiger partial charge in [0.15, 0.2) is 11.5 Å². The van der Waals surface area contributed by atoms with Crippen LogP contribution in [0.15, 0.2) is 53.3 Å². The number of anilines is 1. The van der Waals surface area contributed by atoms with Crippen molar-refractivity contribution < 1.29 is 19.0 Å². The lowest BCUT2D eigenvalue weighted by Crippen LogP contribution is -2.36. The Hall–Kier alpha value is -3.81. The molecule has 8 heteroatoms. The van der Waals surface area contributed by atoms with Crippen LogP contribution in [0, 0.1) is 0 Å². The first-order chi connectivity index (χ1) is 15.0. The van der Waals surface area contributed by atoms with Crippen LogP contribution in [-0.4, -0.2) is 43.6 Å². The minimum Gasteiger partial charge on any atom is -0.493 e. The van der Waals surface area contributed by atoms with E-state index in [9.17, 15) is 9.59 Å². The van der Waals surface area contributed by atoms with E-state index in [0.29, 0.717) is 35.1 Å². The zero-order valence-corrected chi connectivity index (χ0v) is 17.6. The molecule has 8 nitrogen and oxygen atoms in total. The van der Waals surface area contributed by atoms with Crippen LogP contribution in [0.4, 0.5) is 5.69 Å². The Morgan fingerprint density at radius 1 is 1.00 bits per heavy atom. The summed E-state index contributed by atoms with van der Waals surface area (Å²) in [5.41, 5.74) is 2.84. The largest absolute Gasteiger partial charge is 0.493 e. The zero-order valence-electron chi connectivity index (χ0n) is 17.6. The Balaban J connectivity index is 1.66. The van der Waals surface area contributed by atoms with Crippen molar-refractivity contribution in [2.45, 2.75) is 13.0 Å². The van der Waals surface area contributed by atoms with E-state index in [1.54, 1.807) is 23.1 Å². The van der Waals surface area contributed by atoms with Crippen LogP contribution >= 0.6 is 0 Å². The van der Waals surface area contributed by atoms with Crippen molar-refractivity contribution in [1.82, 2.24) is 9.78 Å². The van der Waals surface area contributed by atoms with Crippen LogP contribution in [0.1, 0.15) is 5.56 Å². The third kappa shape index (κ3) is 3.84. The molecule has 2 heterocycles. The number of methoxy groups -OCH3 is 3. The Labute approximate surface area is 179 Å². The molecule has 0 saturated carbocycles. The predicted molar refractivity (Wildman–Crippen MR) is 116 cm³/mol. The Morgan fingerprint density at radius 2 is 1.71 bits per heavy atom. The molecular formula is C23H23N3O5. The highest BCUT2D eigenvalue weighted by Gasteiger charge is 2.25. The number of aromatic nitrogens is 2. The number of benzene rings is 2. The Morgan fingerprint density at radius 3 is 2.39 bits per heavy atom. The SMILES string of the molecule is COc1cc(-c2ccc(=O)n(CC(=O)N3CCc4ccccc43)n2)cc(OC)c1OC. The number of carbonyl (C=O) groups excluding carboxylic acids is 1. The highest BCUT2D eigenvalue weighted by molar-refractivity contribution is 5.95. The molecular weight excluding hydrogens is 398 g/mol. The van der Waals surface area contributed by atoms with E-state index in [1.165, 1.54) is 32.1 Å². The molecule has 1 aliphatic heterocycles. The first-order valence-electron chi connectivity index (χ1n) is 9.82. The molecule has 2 aromatic carbocycles. The number of hydrogen-bond donors (Lipinski definition) is 0. The van der Waals surface area contributed by atoms with Crippen molar-refractivity contribution in [2.24, 2.45) is 0 Å². The van der Waals surface area contributed by atoms with E-state index in [0.717, 1.165) is 17.7 Å². The summed E-state index contributed by atoms with van der Waals surface area (Å²) in [6.45, 7) is 0.449. The normalized spacial score (nSPS) is 12.4. The summed E-state index contributed by atoms with van der Waals surface area (Å²) < 4.78 is 17.3. The van der Waals surface area contributed by atoms with Gasteiger partial charge in [0, 0.05) is 23.9 Å². The summed E-state index contributed by atoms with van der Waals surface area (Å²) in [5, 5.41) is 4.42. The lowest BCUT2D eigenvalue weighted by Gasteiger charge is -2.18. The molecule has 0 N–H and O–H groups in total. The number of para-hydroxylation sites is 1. The second kappa shape index (κ2) is 8.51. The van der Waals surface area contributed by atoms with Gasteiger partial charge in [-0.3, -0.25) is 9.59 Å². The maximum absolute atomic E-state index is 12.9. The van der Waals surface area contributed by atoms with Gasteiger partial charge < -0.3 is 19.1 Å². The molecule has 1 amide bonds. The van der Waals surface area contributed by atoms with E-state index >= 15 is 0 Å². The third-order valence-electron chi connectivity index (χ3n) is 5.30. The first-order valence-corrected chi connectivity index (χ1v) is 9.82. The number of rotatable bonds is 6. The van der Waals surface area contributed by atoms with Gasteiger partial charge in [0.25, 0.3) is 5.56 Å². The van der Waals surface area contributed by atoms with Crippen molar-refractivity contribution in [2.75, 3.05) is 32.8 Å². The monoisotopic (exact) mass is 421 g/mol. The lowest BCUT2D eigenvalue weighted by atomic mass is 10.1. The van der Waals surface area contributed by atoms with E-state index in [4.69, 9.17) is 14.2 Å². The number of carbonyl (C=O) groups is 1. The quantitative estimate of drug-likeness (QED) is 0.608. The molecule has 160 valence electrons. The first kappa shape index (κ1) is 20.5. The zero-order chi connectivity index (χ0) is 22.0. The summed E-state index contributed by atoms with van der Waals surface area (Å²) in [7, 11) is 4.59. The molecule has 0 aliphatic carbocycles. The highest BCUT2D eigenvalue weighted by atomic mass is 16.5. The fourth-order valence-corrected chi connectivity index (χ4v) is 3.76. The topological polar surface area (TPSA) is 82.9 Å². The van der Waals surface area contributed by atoms with Crippen molar-refractivity contribution >= 4 is 11.6 Å². The standard InChI is InChI=1S/C23H23N3O5/c1-29-19-12-16(13-20(30-2)23(19)31-3)17-8-9-21(27)26(24-17)14-22(28)25-11-10-15-6-4-5-7-18(15)25/h4-9,12-13H,10-11,14H2,1-3H3. The minimum absolute atomic E-state index is 0.147. The summed E-state index contributed by atoms with van der Waals surface area (Å²) >= 11 is 0. The number of nitrogens with zero attached hydrogens (tertiary/aromatic N) is 3. The van der Waals surface area contributed by atoms with Gasteiger partial charge in [-0.05, 0) is 36.2 Å². The fourth-order valence-electron chi connectivity index (χ4n) is 3.76. The molecule has 0 bridgehead atoms. The summed E-state index contributed by atoms with van der Waals surface area (Å²) in [4.78, 5) is 27.0. The van der Waals surface area contributed by atoms with E-state index in [2.05, 4.69) is 5.10 Å². The second-order valence-corrected chi connectivity index (χ2v) is 7.05. The van der Waals surface area contributed by atoms with Crippen molar-refractivity contribution in [3.63, 3.8) is 0 Å². The van der Waals surface area contributed by atoms with Gasteiger partial charge >= 0.3 is 0 Å². The smallest absolute Gasteiger partial charge is 0.267 e. The van der Waals surface area contributed by atoms with Crippen LogP contribution in [0.25, 0.3) is 11.3 Å². The van der Waals surface area contributed by atoms with Gasteiger partial charge in [0.05, 0.1) is 27.0 Å². The number of ether oxygens (including phenoxy) is 3. The van der Waals surface area contributed by atoms with E-state index in [1.807, 2.05) is 24.3 Å². The van der Waals surface area contributed by atoms with Crippen LogP contribution in [0.2, 0.25) is 0 Å². The number of amides is 1. The van der Waals surface area contributed by atoms with Gasteiger partial charge in [-0.25, -0.2) is 4.68 Å². The lowest BCUT2D eigenvalue weighted by molar-refractivity contribution is -0.119. The van der Waals surface area contributed by atoms with E-state index < -0.39 is 0 Å². The molecule has 4 rings (SSSR count). The average molecular weight is 421 g/mol. The molecule has 1 aliphatic rings. The molecule has 0 atom stereocenters.